The molecule has 1 atom stereocenters. The van der Waals surface area contributed by atoms with E-state index in [4.69, 9.17) is 0 Å². The molecule has 0 fully saturated rings. The van der Waals surface area contributed by atoms with E-state index in [0.29, 0.717) is 0 Å². The van der Waals surface area contributed by atoms with Gasteiger partial charge in [0.2, 0.25) is 0 Å². The molecule has 1 heteroatoms. The highest BCUT2D eigenvalue weighted by atomic mass is 28.3. The summed E-state index contributed by atoms with van der Waals surface area (Å²) >= 11 is 0. The van der Waals surface area contributed by atoms with Gasteiger partial charge in [0.1, 0.15) is 8.80 Å². The fourth-order valence-electron chi connectivity index (χ4n) is 4.71. The van der Waals surface area contributed by atoms with Crippen molar-refractivity contribution in [3.8, 4) is 0 Å². The number of allylic oxidation sites excluding steroid dienone is 4. The number of unbranched alkanes of at least 4 members (excludes halogenated alkanes) is 2. The van der Waals surface area contributed by atoms with E-state index in [1.807, 2.05) is 0 Å². The Morgan fingerprint density at radius 2 is 1.35 bits per heavy atom. The number of hydrogen-bond acceptors (Lipinski definition) is 0. The van der Waals surface area contributed by atoms with Crippen molar-refractivity contribution in [2.45, 2.75) is 94.0 Å². The molecular formula is C25H40Si. The molecule has 0 aromatic heterocycles. The topological polar surface area (TPSA) is 0 Å². The van der Waals surface area contributed by atoms with Crippen LogP contribution in [0.2, 0.25) is 6.04 Å². The lowest BCUT2D eigenvalue weighted by Crippen LogP contribution is -2.39. The van der Waals surface area contributed by atoms with Gasteiger partial charge in [-0.15, -0.1) is 0 Å². The Bertz CT molecular complexity index is 696. The highest BCUT2D eigenvalue weighted by Gasteiger charge is 2.32. The largest absolute Gasteiger partial charge is 0.103 e. The predicted molar refractivity (Wildman–Crippen MR) is 121 cm³/mol. The first-order valence-corrected chi connectivity index (χ1v) is 12.6. The zero-order valence-corrected chi connectivity index (χ0v) is 19.9. The van der Waals surface area contributed by atoms with Gasteiger partial charge in [0.25, 0.3) is 0 Å². The third-order valence-electron chi connectivity index (χ3n) is 6.66. The molecule has 0 radical (unpaired) electrons. The van der Waals surface area contributed by atoms with Crippen molar-refractivity contribution < 1.29 is 0 Å². The van der Waals surface area contributed by atoms with E-state index in [0.717, 1.165) is 6.42 Å². The highest BCUT2D eigenvalue weighted by Crippen LogP contribution is 2.38. The van der Waals surface area contributed by atoms with E-state index < -0.39 is 8.80 Å². The van der Waals surface area contributed by atoms with Gasteiger partial charge in [-0.05, 0) is 79.8 Å². The molecule has 0 nitrogen and oxygen atoms in total. The Hall–Kier alpha value is -1.08. The SMILES string of the molecule is CCCCC[SiH](C1=CCC=C1C(C)(C)C)c1c(C)c(C)c(C)c(C)c1C. The van der Waals surface area contributed by atoms with Gasteiger partial charge in [-0.1, -0.05) is 75.5 Å². The molecule has 144 valence electrons. The first kappa shape index (κ1) is 21.2. The maximum atomic E-state index is 2.58. The van der Waals surface area contributed by atoms with E-state index in [2.05, 4.69) is 74.5 Å². The van der Waals surface area contributed by atoms with Gasteiger partial charge in [-0.3, -0.25) is 0 Å². The second-order valence-electron chi connectivity index (χ2n) is 9.35. The zero-order valence-electron chi connectivity index (χ0n) is 18.8. The Balaban J connectivity index is 2.60. The fourth-order valence-corrected chi connectivity index (χ4v) is 9.14. The van der Waals surface area contributed by atoms with Crippen molar-refractivity contribution in [3.05, 3.63) is 50.7 Å². The van der Waals surface area contributed by atoms with Crippen LogP contribution in [-0.4, -0.2) is 8.80 Å². The Labute approximate surface area is 164 Å². The van der Waals surface area contributed by atoms with E-state index in [-0.39, 0.29) is 5.41 Å². The summed E-state index contributed by atoms with van der Waals surface area (Å²) in [4.78, 5) is 0. The lowest BCUT2D eigenvalue weighted by molar-refractivity contribution is 0.515. The van der Waals surface area contributed by atoms with Crippen molar-refractivity contribution in [1.29, 1.82) is 0 Å². The van der Waals surface area contributed by atoms with E-state index in [9.17, 15) is 0 Å². The Kier molecular flexibility index (Phi) is 6.77. The van der Waals surface area contributed by atoms with Gasteiger partial charge in [0.05, 0.1) is 0 Å². The lowest BCUT2D eigenvalue weighted by Gasteiger charge is -2.31. The standard InChI is InChI=1S/C25H40Si/c1-10-11-12-16-26(23-15-13-14-22(23)25(7,8)9)24-20(5)18(3)17(2)19(4)21(24)6/h14-15,26H,10-13,16H2,1-9H3. The van der Waals surface area contributed by atoms with Crippen molar-refractivity contribution >= 4 is 14.0 Å². The summed E-state index contributed by atoms with van der Waals surface area (Å²) in [7, 11) is -1.20. The molecule has 1 aromatic rings. The van der Waals surface area contributed by atoms with Gasteiger partial charge < -0.3 is 0 Å². The van der Waals surface area contributed by atoms with Crippen molar-refractivity contribution in [3.63, 3.8) is 0 Å². The van der Waals surface area contributed by atoms with Crippen LogP contribution in [0.15, 0.2) is 22.9 Å². The molecule has 1 unspecified atom stereocenters. The summed E-state index contributed by atoms with van der Waals surface area (Å²) in [5.74, 6) is 0. The van der Waals surface area contributed by atoms with Crippen LogP contribution in [0.1, 0.15) is 81.2 Å². The van der Waals surface area contributed by atoms with Gasteiger partial charge in [0.15, 0.2) is 0 Å². The molecule has 0 N–H and O–H groups in total. The summed E-state index contributed by atoms with van der Waals surface area (Å²) in [5, 5.41) is 3.51. The van der Waals surface area contributed by atoms with Gasteiger partial charge >= 0.3 is 0 Å². The molecule has 0 saturated carbocycles. The van der Waals surface area contributed by atoms with Crippen LogP contribution in [0.3, 0.4) is 0 Å². The monoisotopic (exact) mass is 368 g/mol. The minimum Gasteiger partial charge on any atom is -0.0811 e. The Morgan fingerprint density at radius 1 is 0.808 bits per heavy atom. The normalized spacial score (nSPS) is 15.9. The van der Waals surface area contributed by atoms with E-state index >= 15 is 0 Å². The van der Waals surface area contributed by atoms with E-state index in [1.165, 1.54) is 42.0 Å². The van der Waals surface area contributed by atoms with Crippen molar-refractivity contribution in [2.24, 2.45) is 5.41 Å². The molecule has 1 aromatic carbocycles. The molecule has 0 spiro atoms. The average Bonchev–Trinajstić information content (AvgIpc) is 3.07. The third kappa shape index (κ3) is 4.08. The molecule has 26 heavy (non-hydrogen) atoms. The highest BCUT2D eigenvalue weighted by molar-refractivity contribution is 6.81. The maximum absolute atomic E-state index is 2.58. The number of rotatable bonds is 6. The molecule has 0 aliphatic heterocycles. The van der Waals surface area contributed by atoms with E-state index in [1.54, 1.807) is 27.1 Å². The molecule has 1 aliphatic rings. The molecule has 2 rings (SSSR count). The zero-order chi connectivity index (χ0) is 19.6. The maximum Gasteiger partial charge on any atom is 0.103 e. The van der Waals surface area contributed by atoms with Crippen molar-refractivity contribution in [2.75, 3.05) is 0 Å². The van der Waals surface area contributed by atoms with Gasteiger partial charge in [-0.2, -0.15) is 0 Å². The molecule has 0 amide bonds. The summed E-state index contributed by atoms with van der Waals surface area (Å²) in [6.07, 6.45) is 10.3. The van der Waals surface area contributed by atoms with Crippen LogP contribution in [-0.2, 0) is 0 Å². The molecule has 0 saturated heterocycles. The lowest BCUT2D eigenvalue weighted by atomic mass is 9.87. The van der Waals surface area contributed by atoms with Crippen LogP contribution < -0.4 is 5.19 Å². The minimum atomic E-state index is -1.20. The molecule has 0 heterocycles. The quantitative estimate of drug-likeness (QED) is 0.387. The summed E-state index contributed by atoms with van der Waals surface area (Å²) in [6.45, 7) is 21.2. The minimum absolute atomic E-state index is 0.259. The summed E-state index contributed by atoms with van der Waals surface area (Å²) in [6, 6.07) is 1.41. The van der Waals surface area contributed by atoms with Crippen LogP contribution >= 0.6 is 0 Å². The van der Waals surface area contributed by atoms with Crippen LogP contribution in [0.25, 0.3) is 0 Å². The third-order valence-corrected chi connectivity index (χ3v) is 10.5. The van der Waals surface area contributed by atoms with Crippen LogP contribution in [0.4, 0.5) is 0 Å². The fraction of sp³-hybridized carbons (Fsp3) is 0.600. The first-order valence-electron chi connectivity index (χ1n) is 10.6. The molecule has 0 bridgehead atoms. The van der Waals surface area contributed by atoms with Gasteiger partial charge in [0, 0.05) is 0 Å². The summed E-state index contributed by atoms with van der Waals surface area (Å²) in [5.41, 5.74) is 9.61. The van der Waals surface area contributed by atoms with Crippen LogP contribution in [0, 0.1) is 40.0 Å². The van der Waals surface area contributed by atoms with Crippen molar-refractivity contribution in [1.82, 2.24) is 0 Å². The smallest absolute Gasteiger partial charge is 0.0811 e. The molecule has 1 aliphatic carbocycles. The molecular weight excluding hydrogens is 328 g/mol. The van der Waals surface area contributed by atoms with Gasteiger partial charge in [-0.25, -0.2) is 0 Å². The second kappa shape index (κ2) is 8.29. The number of benzene rings is 1. The Morgan fingerprint density at radius 3 is 1.85 bits per heavy atom. The first-order chi connectivity index (χ1) is 12.1. The average molecular weight is 369 g/mol. The predicted octanol–water partition coefficient (Wildman–Crippen LogP) is 6.69. The van der Waals surface area contributed by atoms with Crippen LogP contribution in [0.5, 0.6) is 0 Å². The number of hydrogen-bond donors (Lipinski definition) is 0. The second-order valence-corrected chi connectivity index (χ2v) is 12.2. The summed E-state index contributed by atoms with van der Waals surface area (Å²) < 4.78 is 0.